The number of imide groups is 1. The molecule has 0 radical (unpaired) electrons. The molecule has 86 valence electrons. The van der Waals surface area contributed by atoms with Gasteiger partial charge in [-0.2, -0.15) is 0 Å². The van der Waals surface area contributed by atoms with Gasteiger partial charge in [-0.1, -0.05) is 6.42 Å². The Balaban J connectivity index is 2.24. The Labute approximate surface area is 90.8 Å². The number of rotatable bonds is 5. The van der Waals surface area contributed by atoms with Crippen molar-refractivity contribution >= 4 is 11.8 Å². The SMILES string of the molecule is CC(N)CCCCN1C(=O)CCCC1=O. The maximum Gasteiger partial charge on any atom is 0.229 e. The zero-order valence-electron chi connectivity index (χ0n) is 9.37. The Morgan fingerprint density at radius 3 is 2.40 bits per heavy atom. The summed E-state index contributed by atoms with van der Waals surface area (Å²) in [6, 6.07) is 0.206. The molecule has 1 unspecified atom stereocenters. The van der Waals surface area contributed by atoms with E-state index in [1.807, 2.05) is 6.92 Å². The number of nitrogens with two attached hydrogens (primary N) is 1. The minimum atomic E-state index is -0.00736. The number of amides is 2. The molecule has 4 heteroatoms. The molecule has 0 bridgehead atoms. The van der Waals surface area contributed by atoms with Crippen LogP contribution in [-0.4, -0.2) is 29.3 Å². The van der Waals surface area contributed by atoms with Crippen LogP contribution in [0, 0.1) is 0 Å². The van der Waals surface area contributed by atoms with E-state index in [9.17, 15) is 9.59 Å². The highest BCUT2D eigenvalue weighted by Gasteiger charge is 2.24. The van der Waals surface area contributed by atoms with Crippen LogP contribution in [0.1, 0.15) is 45.4 Å². The quantitative estimate of drug-likeness (QED) is 0.547. The summed E-state index contributed by atoms with van der Waals surface area (Å²) in [6.45, 7) is 2.54. The van der Waals surface area contributed by atoms with Gasteiger partial charge in [0.15, 0.2) is 0 Å². The number of likely N-dealkylation sites (tertiary alicyclic amines) is 1. The fourth-order valence-electron chi connectivity index (χ4n) is 1.79. The molecule has 1 rings (SSSR count). The summed E-state index contributed by atoms with van der Waals surface area (Å²) >= 11 is 0. The lowest BCUT2D eigenvalue weighted by atomic mass is 10.1. The Bertz CT molecular complexity index is 223. The molecule has 1 aliphatic rings. The monoisotopic (exact) mass is 212 g/mol. The standard InChI is InChI=1S/C11H20N2O2/c1-9(12)5-2-3-8-13-10(14)6-4-7-11(13)15/h9H,2-8,12H2,1H3. The van der Waals surface area contributed by atoms with E-state index in [0.29, 0.717) is 25.8 Å². The Hall–Kier alpha value is -0.900. The lowest BCUT2D eigenvalue weighted by Crippen LogP contribution is -2.40. The molecule has 1 aliphatic heterocycles. The fourth-order valence-corrected chi connectivity index (χ4v) is 1.79. The van der Waals surface area contributed by atoms with Gasteiger partial charge in [0, 0.05) is 25.4 Å². The zero-order chi connectivity index (χ0) is 11.3. The third-order valence-electron chi connectivity index (χ3n) is 2.67. The van der Waals surface area contributed by atoms with Crippen molar-refractivity contribution in [2.24, 2.45) is 5.73 Å². The highest BCUT2D eigenvalue weighted by Crippen LogP contribution is 2.13. The molecule has 2 N–H and O–H groups in total. The van der Waals surface area contributed by atoms with Crippen LogP contribution in [-0.2, 0) is 9.59 Å². The third-order valence-corrected chi connectivity index (χ3v) is 2.67. The first-order chi connectivity index (χ1) is 7.11. The van der Waals surface area contributed by atoms with Crippen molar-refractivity contribution in [1.29, 1.82) is 0 Å². The van der Waals surface area contributed by atoms with Crippen molar-refractivity contribution in [2.45, 2.75) is 51.5 Å². The van der Waals surface area contributed by atoms with Crippen LogP contribution < -0.4 is 5.73 Å². The predicted octanol–water partition coefficient (Wildman–Crippen LogP) is 1.04. The van der Waals surface area contributed by atoms with Gasteiger partial charge in [0.1, 0.15) is 0 Å². The number of piperidine rings is 1. The largest absolute Gasteiger partial charge is 0.328 e. The van der Waals surface area contributed by atoms with Gasteiger partial charge in [-0.15, -0.1) is 0 Å². The molecule has 0 aromatic rings. The van der Waals surface area contributed by atoms with Gasteiger partial charge >= 0.3 is 0 Å². The number of unbranched alkanes of at least 4 members (excludes halogenated alkanes) is 1. The molecule has 4 nitrogen and oxygen atoms in total. The van der Waals surface area contributed by atoms with Gasteiger partial charge in [0.2, 0.25) is 11.8 Å². The van der Waals surface area contributed by atoms with Crippen molar-refractivity contribution in [3.8, 4) is 0 Å². The minimum Gasteiger partial charge on any atom is -0.328 e. The van der Waals surface area contributed by atoms with Crippen LogP contribution in [0.5, 0.6) is 0 Å². The molecule has 1 heterocycles. The lowest BCUT2D eigenvalue weighted by molar-refractivity contribution is -0.147. The number of hydrogen-bond donors (Lipinski definition) is 1. The van der Waals surface area contributed by atoms with E-state index in [1.54, 1.807) is 0 Å². The van der Waals surface area contributed by atoms with Crippen LogP contribution >= 0.6 is 0 Å². The first kappa shape index (κ1) is 12.2. The van der Waals surface area contributed by atoms with Crippen molar-refractivity contribution in [2.75, 3.05) is 6.54 Å². The van der Waals surface area contributed by atoms with Gasteiger partial charge in [-0.25, -0.2) is 0 Å². The van der Waals surface area contributed by atoms with E-state index in [-0.39, 0.29) is 17.9 Å². The molecule has 0 aromatic heterocycles. The van der Waals surface area contributed by atoms with Crippen molar-refractivity contribution in [3.05, 3.63) is 0 Å². The van der Waals surface area contributed by atoms with Crippen molar-refractivity contribution in [3.63, 3.8) is 0 Å². The van der Waals surface area contributed by atoms with Crippen LogP contribution in [0.3, 0.4) is 0 Å². The molecule has 0 saturated carbocycles. The van der Waals surface area contributed by atoms with Crippen LogP contribution in [0.15, 0.2) is 0 Å². The summed E-state index contributed by atoms with van der Waals surface area (Å²) in [5.41, 5.74) is 5.62. The smallest absolute Gasteiger partial charge is 0.229 e. The Morgan fingerprint density at radius 2 is 1.87 bits per heavy atom. The molecule has 0 aromatic carbocycles. The normalized spacial score (nSPS) is 19.5. The van der Waals surface area contributed by atoms with Gasteiger partial charge in [0.05, 0.1) is 0 Å². The molecule has 1 atom stereocenters. The van der Waals surface area contributed by atoms with E-state index in [0.717, 1.165) is 19.3 Å². The van der Waals surface area contributed by atoms with Crippen LogP contribution in [0.2, 0.25) is 0 Å². The minimum absolute atomic E-state index is 0.00736. The van der Waals surface area contributed by atoms with Crippen molar-refractivity contribution in [1.82, 2.24) is 4.90 Å². The maximum absolute atomic E-state index is 11.4. The number of carbonyl (C=O) groups is 2. The highest BCUT2D eigenvalue weighted by molar-refractivity contribution is 5.97. The molecule has 0 spiro atoms. The topological polar surface area (TPSA) is 63.4 Å². The second-order valence-electron chi connectivity index (χ2n) is 4.27. The lowest BCUT2D eigenvalue weighted by Gasteiger charge is -2.24. The fraction of sp³-hybridized carbons (Fsp3) is 0.818. The van der Waals surface area contributed by atoms with E-state index < -0.39 is 0 Å². The highest BCUT2D eigenvalue weighted by atomic mass is 16.2. The summed E-state index contributed by atoms with van der Waals surface area (Å²) < 4.78 is 0. The van der Waals surface area contributed by atoms with E-state index in [2.05, 4.69) is 0 Å². The first-order valence-electron chi connectivity index (χ1n) is 5.70. The summed E-state index contributed by atoms with van der Waals surface area (Å²) in [4.78, 5) is 24.2. The van der Waals surface area contributed by atoms with Gasteiger partial charge in [-0.3, -0.25) is 14.5 Å². The first-order valence-corrected chi connectivity index (χ1v) is 5.70. The van der Waals surface area contributed by atoms with E-state index >= 15 is 0 Å². The summed E-state index contributed by atoms with van der Waals surface area (Å²) in [5, 5.41) is 0. The molecule has 0 aliphatic carbocycles. The average molecular weight is 212 g/mol. The van der Waals surface area contributed by atoms with Gasteiger partial charge in [0.25, 0.3) is 0 Å². The van der Waals surface area contributed by atoms with Gasteiger partial charge in [-0.05, 0) is 26.2 Å². The second-order valence-corrected chi connectivity index (χ2v) is 4.27. The molecular formula is C11H20N2O2. The molecule has 1 saturated heterocycles. The average Bonchev–Trinajstić information content (AvgIpc) is 2.15. The summed E-state index contributed by atoms with van der Waals surface area (Å²) in [7, 11) is 0. The second kappa shape index (κ2) is 5.85. The van der Waals surface area contributed by atoms with Crippen molar-refractivity contribution < 1.29 is 9.59 Å². The Morgan fingerprint density at radius 1 is 1.27 bits per heavy atom. The van der Waals surface area contributed by atoms with Crippen LogP contribution in [0.25, 0.3) is 0 Å². The van der Waals surface area contributed by atoms with Crippen LogP contribution in [0.4, 0.5) is 0 Å². The number of nitrogens with zero attached hydrogens (tertiary/aromatic N) is 1. The maximum atomic E-state index is 11.4. The number of hydrogen-bond acceptors (Lipinski definition) is 3. The van der Waals surface area contributed by atoms with E-state index in [4.69, 9.17) is 5.73 Å². The zero-order valence-corrected chi connectivity index (χ0v) is 9.37. The molecule has 1 fully saturated rings. The molecule has 2 amide bonds. The van der Waals surface area contributed by atoms with E-state index in [1.165, 1.54) is 4.90 Å². The number of carbonyl (C=O) groups excluding carboxylic acids is 2. The summed E-state index contributed by atoms with van der Waals surface area (Å²) in [5.74, 6) is -0.0147. The van der Waals surface area contributed by atoms with Gasteiger partial charge < -0.3 is 5.73 Å². The molecular weight excluding hydrogens is 192 g/mol. The Kier molecular flexibility index (Phi) is 4.75. The third kappa shape index (κ3) is 4.00. The summed E-state index contributed by atoms with van der Waals surface area (Å²) in [6.07, 6.45) is 4.58. The predicted molar refractivity (Wildman–Crippen MR) is 58.1 cm³/mol. The molecule has 15 heavy (non-hydrogen) atoms.